The highest BCUT2D eigenvalue weighted by molar-refractivity contribution is 6.62. The Bertz CT molecular complexity index is 509. The van der Waals surface area contributed by atoms with Crippen LogP contribution in [0.1, 0.15) is 33.3 Å². The molecule has 0 N–H and O–H groups in total. The van der Waals surface area contributed by atoms with Gasteiger partial charge >= 0.3 is 7.12 Å². The van der Waals surface area contributed by atoms with Gasteiger partial charge in [0.2, 0.25) is 0 Å². The largest absolute Gasteiger partial charge is 0.499 e. The average molecular weight is 248 g/mol. The minimum Gasteiger partial charge on any atom is -0.399 e. The normalized spacial score (nSPS) is 20.8. The molecule has 1 aliphatic rings. The van der Waals surface area contributed by atoms with Crippen LogP contribution in [0.4, 0.5) is 4.39 Å². The molecule has 18 heavy (non-hydrogen) atoms. The molecule has 4 nitrogen and oxygen atoms in total. The van der Waals surface area contributed by atoms with Crippen LogP contribution in [0.3, 0.4) is 0 Å². The lowest BCUT2D eigenvalue weighted by Gasteiger charge is -2.32. The van der Waals surface area contributed by atoms with Gasteiger partial charge in [-0.2, -0.15) is 5.26 Å². The third-order valence-electron chi connectivity index (χ3n) is 3.53. The minimum absolute atomic E-state index is 0.109. The summed E-state index contributed by atoms with van der Waals surface area (Å²) in [4.78, 5) is 3.83. The van der Waals surface area contributed by atoms with Gasteiger partial charge in [-0.3, -0.25) is 4.98 Å². The molecule has 94 valence electrons. The number of hydrogen-bond acceptors (Lipinski definition) is 4. The van der Waals surface area contributed by atoms with Gasteiger partial charge in [-0.1, -0.05) is 0 Å². The SMILES string of the molecule is CC1(C)OB(c2cncc(C#N)c2F)OC1(C)C. The molecule has 0 aliphatic carbocycles. The lowest BCUT2D eigenvalue weighted by molar-refractivity contribution is 0.00578. The Kier molecular flexibility index (Phi) is 2.92. The highest BCUT2D eigenvalue weighted by Gasteiger charge is 2.52. The van der Waals surface area contributed by atoms with Crippen LogP contribution in [0, 0.1) is 17.1 Å². The van der Waals surface area contributed by atoms with Crippen LogP contribution in [0.2, 0.25) is 0 Å². The lowest BCUT2D eigenvalue weighted by atomic mass is 9.79. The maximum Gasteiger partial charge on any atom is 0.499 e. The first-order chi connectivity index (χ1) is 8.28. The molecular weight excluding hydrogens is 234 g/mol. The molecule has 0 spiro atoms. The van der Waals surface area contributed by atoms with E-state index in [1.54, 1.807) is 6.07 Å². The third kappa shape index (κ3) is 1.90. The van der Waals surface area contributed by atoms with Gasteiger partial charge in [-0.15, -0.1) is 0 Å². The van der Waals surface area contributed by atoms with E-state index in [2.05, 4.69) is 4.98 Å². The van der Waals surface area contributed by atoms with Gasteiger partial charge in [-0.05, 0) is 27.7 Å². The van der Waals surface area contributed by atoms with E-state index in [1.807, 2.05) is 27.7 Å². The fourth-order valence-electron chi connectivity index (χ4n) is 1.67. The molecule has 6 heteroatoms. The number of hydrogen-bond donors (Lipinski definition) is 0. The van der Waals surface area contributed by atoms with E-state index in [0.29, 0.717) is 0 Å². The number of halogens is 1. The van der Waals surface area contributed by atoms with Crippen molar-refractivity contribution in [1.29, 1.82) is 5.26 Å². The molecule has 1 fully saturated rings. The fraction of sp³-hybridized carbons (Fsp3) is 0.500. The van der Waals surface area contributed by atoms with Crippen LogP contribution >= 0.6 is 0 Å². The van der Waals surface area contributed by atoms with Crippen molar-refractivity contribution >= 4 is 12.6 Å². The fourth-order valence-corrected chi connectivity index (χ4v) is 1.67. The highest BCUT2D eigenvalue weighted by Crippen LogP contribution is 2.36. The predicted octanol–water partition coefficient (Wildman–Crippen LogP) is 1.39. The number of pyridine rings is 1. The van der Waals surface area contributed by atoms with Crippen molar-refractivity contribution in [1.82, 2.24) is 4.98 Å². The minimum atomic E-state index is -0.837. The highest BCUT2D eigenvalue weighted by atomic mass is 19.1. The molecule has 1 aromatic rings. The quantitative estimate of drug-likeness (QED) is 0.704. The van der Waals surface area contributed by atoms with Crippen molar-refractivity contribution in [3.8, 4) is 6.07 Å². The van der Waals surface area contributed by atoms with Gasteiger partial charge < -0.3 is 9.31 Å². The monoisotopic (exact) mass is 248 g/mol. The number of aromatic nitrogens is 1. The molecule has 0 bridgehead atoms. The maximum absolute atomic E-state index is 14.0. The summed E-state index contributed by atoms with van der Waals surface area (Å²) in [6.07, 6.45) is 2.52. The molecular formula is C12H14BFN2O2. The van der Waals surface area contributed by atoms with E-state index in [-0.39, 0.29) is 11.0 Å². The molecule has 1 saturated heterocycles. The van der Waals surface area contributed by atoms with E-state index >= 15 is 0 Å². The molecule has 1 aromatic heterocycles. The summed E-state index contributed by atoms with van der Waals surface area (Å²) in [6, 6.07) is 1.75. The van der Waals surface area contributed by atoms with E-state index < -0.39 is 24.1 Å². The van der Waals surface area contributed by atoms with E-state index in [9.17, 15) is 4.39 Å². The molecule has 0 atom stereocenters. The van der Waals surface area contributed by atoms with Crippen molar-refractivity contribution in [2.75, 3.05) is 0 Å². The van der Waals surface area contributed by atoms with Gasteiger partial charge in [0.25, 0.3) is 0 Å². The van der Waals surface area contributed by atoms with E-state index in [0.717, 1.165) is 0 Å². The van der Waals surface area contributed by atoms with E-state index in [4.69, 9.17) is 14.6 Å². The molecule has 0 radical (unpaired) electrons. The predicted molar refractivity (Wildman–Crippen MR) is 64.6 cm³/mol. The summed E-state index contributed by atoms with van der Waals surface area (Å²) in [7, 11) is -0.837. The van der Waals surface area contributed by atoms with Gasteiger partial charge in [0, 0.05) is 17.9 Å². The zero-order valence-corrected chi connectivity index (χ0v) is 10.8. The summed E-state index contributed by atoms with van der Waals surface area (Å²) in [5.41, 5.74) is -1.05. The second kappa shape index (κ2) is 4.04. The first-order valence-corrected chi connectivity index (χ1v) is 5.67. The summed E-state index contributed by atoms with van der Waals surface area (Å²) < 4.78 is 25.4. The maximum atomic E-state index is 14.0. The number of nitrogens with zero attached hydrogens (tertiary/aromatic N) is 2. The van der Waals surface area contributed by atoms with Crippen molar-refractivity contribution in [3.63, 3.8) is 0 Å². The summed E-state index contributed by atoms with van der Waals surface area (Å²) in [5, 5.41) is 8.78. The van der Waals surface area contributed by atoms with Crippen molar-refractivity contribution in [2.45, 2.75) is 38.9 Å². The second-order valence-corrected chi connectivity index (χ2v) is 5.29. The first-order valence-electron chi connectivity index (χ1n) is 5.67. The number of rotatable bonds is 1. The zero-order valence-electron chi connectivity index (χ0n) is 10.8. The van der Waals surface area contributed by atoms with Crippen molar-refractivity contribution < 1.29 is 13.7 Å². The van der Waals surface area contributed by atoms with Crippen LogP contribution in [0.5, 0.6) is 0 Å². The summed E-state index contributed by atoms with van der Waals surface area (Å²) >= 11 is 0. The van der Waals surface area contributed by atoms with Crippen LogP contribution in [-0.2, 0) is 9.31 Å². The van der Waals surface area contributed by atoms with E-state index in [1.165, 1.54) is 12.4 Å². The Morgan fingerprint density at radius 3 is 2.28 bits per heavy atom. The molecule has 0 aromatic carbocycles. The van der Waals surface area contributed by atoms with Crippen LogP contribution in [0.25, 0.3) is 0 Å². The average Bonchev–Trinajstić information content (AvgIpc) is 2.48. The first kappa shape index (κ1) is 13.0. The Hall–Kier alpha value is -1.45. The molecule has 2 heterocycles. The third-order valence-corrected chi connectivity index (χ3v) is 3.53. The summed E-state index contributed by atoms with van der Waals surface area (Å²) in [6.45, 7) is 7.53. The summed E-state index contributed by atoms with van der Waals surface area (Å²) in [5.74, 6) is -0.633. The topological polar surface area (TPSA) is 55.1 Å². The molecule has 0 unspecified atom stereocenters. The van der Waals surface area contributed by atoms with Crippen molar-refractivity contribution in [3.05, 3.63) is 23.8 Å². The van der Waals surface area contributed by atoms with Gasteiger partial charge in [0.05, 0.1) is 11.2 Å². The lowest BCUT2D eigenvalue weighted by Crippen LogP contribution is -2.41. The number of nitriles is 1. The Morgan fingerprint density at radius 2 is 1.78 bits per heavy atom. The van der Waals surface area contributed by atoms with Gasteiger partial charge in [-0.25, -0.2) is 4.39 Å². The smallest absolute Gasteiger partial charge is 0.399 e. The van der Waals surface area contributed by atoms with Crippen molar-refractivity contribution in [2.24, 2.45) is 0 Å². The van der Waals surface area contributed by atoms with Crippen LogP contribution in [-0.4, -0.2) is 23.3 Å². The standard InChI is InChI=1S/C12H14BFN2O2/c1-11(2)12(3,4)18-13(17-11)9-7-16-6-8(5-15)10(9)14/h6-7H,1-4H3. The molecule has 2 rings (SSSR count). The van der Waals surface area contributed by atoms with Gasteiger partial charge in [0.1, 0.15) is 17.4 Å². The van der Waals surface area contributed by atoms with Gasteiger partial charge in [0.15, 0.2) is 0 Å². The molecule has 0 saturated carbocycles. The Balaban J connectivity index is 2.39. The molecule has 1 aliphatic heterocycles. The van der Waals surface area contributed by atoms with Crippen LogP contribution in [0.15, 0.2) is 12.4 Å². The Labute approximate surface area is 106 Å². The second-order valence-electron chi connectivity index (χ2n) is 5.29. The molecule has 0 amide bonds. The van der Waals surface area contributed by atoms with Crippen LogP contribution < -0.4 is 5.46 Å². The zero-order chi connectivity index (χ0) is 13.6. The Morgan fingerprint density at radius 1 is 1.22 bits per heavy atom.